The summed E-state index contributed by atoms with van der Waals surface area (Å²) in [6.45, 7) is 6.25. The van der Waals surface area contributed by atoms with Crippen LogP contribution < -0.4 is 5.32 Å². The van der Waals surface area contributed by atoms with Gasteiger partial charge in [0.15, 0.2) is 0 Å². The predicted octanol–water partition coefficient (Wildman–Crippen LogP) is 3.13. The van der Waals surface area contributed by atoms with Crippen LogP contribution in [-0.2, 0) is 4.74 Å². The van der Waals surface area contributed by atoms with Crippen LogP contribution in [0, 0.1) is 5.41 Å². The first-order valence-corrected chi connectivity index (χ1v) is 5.34. The number of carbonyl (C=O) groups is 1. The average Bonchev–Trinajstić information content (AvgIpc) is 2.25. The van der Waals surface area contributed by atoms with Crippen LogP contribution in [0.5, 0.6) is 0 Å². The maximum Gasteiger partial charge on any atom is 0.407 e. The monoisotopic (exact) mass is 221 g/mol. The van der Waals surface area contributed by atoms with Crippen LogP contribution in [0.15, 0.2) is 30.3 Å². The van der Waals surface area contributed by atoms with Crippen LogP contribution in [0.2, 0.25) is 0 Å². The van der Waals surface area contributed by atoms with E-state index in [1.165, 1.54) is 7.11 Å². The standard InChI is InChI=1S/C13H19NO2/c1-13(2,3)11(14-12(15)16-4)10-8-6-5-7-9-10/h5-9,11H,1-4H3,(H,14,15)/t11-/m1/s1. The summed E-state index contributed by atoms with van der Waals surface area (Å²) in [5, 5.41) is 2.86. The molecule has 16 heavy (non-hydrogen) atoms. The molecular weight excluding hydrogens is 202 g/mol. The van der Waals surface area contributed by atoms with Gasteiger partial charge in [-0.25, -0.2) is 4.79 Å². The summed E-state index contributed by atoms with van der Waals surface area (Å²) in [5.41, 5.74) is 1.02. The number of amides is 1. The van der Waals surface area contributed by atoms with Gasteiger partial charge in [0.1, 0.15) is 0 Å². The summed E-state index contributed by atoms with van der Waals surface area (Å²) in [6.07, 6.45) is -0.399. The zero-order chi connectivity index (χ0) is 12.2. The minimum Gasteiger partial charge on any atom is -0.453 e. The Bertz CT molecular complexity index is 341. The van der Waals surface area contributed by atoms with Crippen molar-refractivity contribution in [2.45, 2.75) is 26.8 Å². The second-order valence-corrected chi connectivity index (χ2v) is 4.85. The van der Waals surface area contributed by atoms with E-state index in [9.17, 15) is 4.79 Å². The van der Waals surface area contributed by atoms with Gasteiger partial charge in [-0.3, -0.25) is 0 Å². The third-order valence-corrected chi connectivity index (χ3v) is 2.45. The highest BCUT2D eigenvalue weighted by atomic mass is 16.5. The third-order valence-electron chi connectivity index (χ3n) is 2.45. The number of alkyl carbamates (subject to hydrolysis) is 1. The first-order chi connectivity index (χ1) is 7.45. The highest BCUT2D eigenvalue weighted by molar-refractivity contribution is 5.67. The summed E-state index contributed by atoms with van der Waals surface area (Å²) < 4.78 is 4.65. The Balaban J connectivity index is 2.93. The molecule has 0 aliphatic heterocycles. The second-order valence-electron chi connectivity index (χ2n) is 4.85. The number of ether oxygens (including phenoxy) is 1. The molecule has 1 rings (SSSR count). The van der Waals surface area contributed by atoms with Gasteiger partial charge in [0, 0.05) is 0 Å². The molecule has 0 bridgehead atoms. The molecule has 3 nitrogen and oxygen atoms in total. The normalized spacial score (nSPS) is 13.0. The topological polar surface area (TPSA) is 38.3 Å². The summed E-state index contributed by atoms with van der Waals surface area (Å²) in [5.74, 6) is 0. The molecule has 1 aromatic carbocycles. The van der Waals surface area contributed by atoms with Crippen molar-refractivity contribution in [3.63, 3.8) is 0 Å². The lowest BCUT2D eigenvalue weighted by Gasteiger charge is -2.31. The van der Waals surface area contributed by atoms with E-state index in [1.54, 1.807) is 0 Å². The average molecular weight is 221 g/mol. The van der Waals surface area contributed by atoms with Crippen molar-refractivity contribution < 1.29 is 9.53 Å². The molecular formula is C13H19NO2. The molecule has 0 aliphatic carbocycles. The zero-order valence-corrected chi connectivity index (χ0v) is 10.3. The fourth-order valence-electron chi connectivity index (χ4n) is 1.62. The Kier molecular flexibility index (Phi) is 3.93. The van der Waals surface area contributed by atoms with Crippen LogP contribution in [-0.4, -0.2) is 13.2 Å². The van der Waals surface area contributed by atoms with Gasteiger partial charge < -0.3 is 10.1 Å². The highest BCUT2D eigenvalue weighted by Gasteiger charge is 2.27. The number of benzene rings is 1. The number of hydrogen-bond donors (Lipinski definition) is 1. The molecule has 0 saturated carbocycles. The quantitative estimate of drug-likeness (QED) is 0.833. The predicted molar refractivity (Wildman–Crippen MR) is 64.2 cm³/mol. The fourth-order valence-corrected chi connectivity index (χ4v) is 1.62. The first kappa shape index (κ1) is 12.6. The number of methoxy groups -OCH3 is 1. The van der Waals surface area contributed by atoms with E-state index < -0.39 is 6.09 Å². The SMILES string of the molecule is COC(=O)N[C@H](c1ccccc1)C(C)(C)C. The van der Waals surface area contributed by atoms with Gasteiger partial charge in [-0.2, -0.15) is 0 Å². The zero-order valence-electron chi connectivity index (χ0n) is 10.3. The van der Waals surface area contributed by atoms with Crippen molar-refractivity contribution in [2.75, 3.05) is 7.11 Å². The molecule has 3 heteroatoms. The minimum atomic E-state index is -0.399. The van der Waals surface area contributed by atoms with Crippen LogP contribution >= 0.6 is 0 Å². The van der Waals surface area contributed by atoms with Crippen molar-refractivity contribution in [1.82, 2.24) is 5.32 Å². The molecule has 0 spiro atoms. The molecule has 1 N–H and O–H groups in total. The summed E-state index contributed by atoms with van der Waals surface area (Å²) >= 11 is 0. The smallest absolute Gasteiger partial charge is 0.407 e. The molecule has 0 heterocycles. The molecule has 0 aromatic heterocycles. The Morgan fingerprint density at radius 3 is 2.25 bits per heavy atom. The van der Waals surface area contributed by atoms with Crippen LogP contribution in [0.25, 0.3) is 0 Å². The fraction of sp³-hybridized carbons (Fsp3) is 0.462. The Hall–Kier alpha value is -1.51. The third kappa shape index (κ3) is 3.26. The van der Waals surface area contributed by atoms with Gasteiger partial charge in [-0.1, -0.05) is 51.1 Å². The van der Waals surface area contributed by atoms with Gasteiger partial charge >= 0.3 is 6.09 Å². The van der Waals surface area contributed by atoms with Crippen molar-refractivity contribution in [3.05, 3.63) is 35.9 Å². The summed E-state index contributed by atoms with van der Waals surface area (Å²) in [6, 6.07) is 9.85. The lowest BCUT2D eigenvalue weighted by atomic mass is 9.82. The van der Waals surface area contributed by atoms with E-state index in [0.29, 0.717) is 0 Å². The summed E-state index contributed by atoms with van der Waals surface area (Å²) in [4.78, 5) is 11.3. The van der Waals surface area contributed by atoms with Crippen molar-refractivity contribution >= 4 is 6.09 Å². The van der Waals surface area contributed by atoms with E-state index >= 15 is 0 Å². The first-order valence-electron chi connectivity index (χ1n) is 5.34. The Labute approximate surface area is 96.8 Å². The van der Waals surface area contributed by atoms with Gasteiger partial charge in [0.05, 0.1) is 13.2 Å². The van der Waals surface area contributed by atoms with E-state index in [0.717, 1.165) is 5.56 Å². The number of carbonyl (C=O) groups excluding carboxylic acids is 1. The van der Waals surface area contributed by atoms with Crippen LogP contribution in [0.1, 0.15) is 32.4 Å². The highest BCUT2D eigenvalue weighted by Crippen LogP contribution is 2.32. The van der Waals surface area contributed by atoms with Crippen molar-refractivity contribution in [1.29, 1.82) is 0 Å². The molecule has 1 aromatic rings. The molecule has 0 saturated heterocycles. The lowest BCUT2D eigenvalue weighted by Crippen LogP contribution is -2.36. The molecule has 1 atom stereocenters. The van der Waals surface area contributed by atoms with Crippen molar-refractivity contribution in [2.24, 2.45) is 5.41 Å². The second kappa shape index (κ2) is 5.01. The van der Waals surface area contributed by atoms with Crippen LogP contribution in [0.4, 0.5) is 4.79 Å². The van der Waals surface area contributed by atoms with Gasteiger partial charge in [0.2, 0.25) is 0 Å². The van der Waals surface area contributed by atoms with Gasteiger partial charge in [0.25, 0.3) is 0 Å². The van der Waals surface area contributed by atoms with E-state index in [2.05, 4.69) is 30.8 Å². The minimum absolute atomic E-state index is 0.0545. The lowest BCUT2D eigenvalue weighted by molar-refractivity contribution is 0.154. The molecule has 0 radical (unpaired) electrons. The Morgan fingerprint density at radius 2 is 1.81 bits per heavy atom. The van der Waals surface area contributed by atoms with Gasteiger partial charge in [-0.15, -0.1) is 0 Å². The Morgan fingerprint density at radius 1 is 1.25 bits per heavy atom. The van der Waals surface area contributed by atoms with Gasteiger partial charge in [-0.05, 0) is 11.0 Å². The van der Waals surface area contributed by atoms with E-state index in [4.69, 9.17) is 0 Å². The number of rotatable bonds is 2. The maximum absolute atomic E-state index is 11.3. The van der Waals surface area contributed by atoms with Crippen LogP contribution in [0.3, 0.4) is 0 Å². The molecule has 1 amide bonds. The molecule has 0 aliphatic rings. The number of hydrogen-bond acceptors (Lipinski definition) is 2. The molecule has 88 valence electrons. The van der Waals surface area contributed by atoms with E-state index in [1.807, 2.05) is 30.3 Å². The maximum atomic E-state index is 11.3. The number of nitrogens with one attached hydrogen (secondary N) is 1. The molecule has 0 fully saturated rings. The largest absolute Gasteiger partial charge is 0.453 e. The molecule has 0 unspecified atom stereocenters. The van der Waals surface area contributed by atoms with E-state index in [-0.39, 0.29) is 11.5 Å². The van der Waals surface area contributed by atoms with Crippen molar-refractivity contribution in [3.8, 4) is 0 Å². The summed E-state index contributed by atoms with van der Waals surface area (Å²) in [7, 11) is 1.38.